The third kappa shape index (κ3) is 9.63. The van der Waals surface area contributed by atoms with Crippen LogP contribution in [0.15, 0.2) is 54.6 Å². The van der Waals surface area contributed by atoms with Gasteiger partial charge >= 0.3 is 0 Å². The van der Waals surface area contributed by atoms with Gasteiger partial charge in [-0.2, -0.15) is 0 Å². The van der Waals surface area contributed by atoms with E-state index in [9.17, 15) is 23.2 Å². The number of nitrogens with zero attached hydrogens (tertiary/aromatic N) is 2. The van der Waals surface area contributed by atoms with Gasteiger partial charge in [-0.15, -0.1) is 0 Å². The van der Waals surface area contributed by atoms with E-state index >= 15 is 0 Å². The van der Waals surface area contributed by atoms with Gasteiger partial charge in [0.1, 0.15) is 6.04 Å². The molecule has 1 atom stereocenters. The number of benzene rings is 2. The van der Waals surface area contributed by atoms with Gasteiger partial charge in [0.2, 0.25) is 23.6 Å². The average Bonchev–Trinajstić information content (AvgIpc) is 2.98. The van der Waals surface area contributed by atoms with Crippen LogP contribution in [0, 0.1) is 5.92 Å². The highest BCUT2D eigenvalue weighted by Crippen LogP contribution is 2.37. The zero-order chi connectivity index (χ0) is 29.2. The summed E-state index contributed by atoms with van der Waals surface area (Å²) in [7, 11) is 0. The highest BCUT2D eigenvalue weighted by atomic mass is 19.3. The van der Waals surface area contributed by atoms with Crippen LogP contribution in [0.5, 0.6) is 0 Å². The summed E-state index contributed by atoms with van der Waals surface area (Å²) >= 11 is 0. The lowest BCUT2D eigenvalue weighted by Crippen LogP contribution is -2.55. The van der Waals surface area contributed by atoms with Crippen molar-refractivity contribution in [3.63, 3.8) is 0 Å². The van der Waals surface area contributed by atoms with Crippen molar-refractivity contribution in [2.24, 2.45) is 5.92 Å². The van der Waals surface area contributed by atoms with Crippen molar-refractivity contribution in [1.29, 1.82) is 0 Å². The highest BCUT2D eigenvalue weighted by Gasteiger charge is 2.35. The Kier molecular flexibility index (Phi) is 10.9. The SMILES string of the molecule is CCC(=O)N[C@H](Cc1ccc(CNC(=O)CC2CCC(F)(F)CC2)cc1)C(=O)N1CCN(Cc2ccccc2)CC1. The van der Waals surface area contributed by atoms with Crippen LogP contribution in [0.25, 0.3) is 0 Å². The molecule has 0 radical (unpaired) electrons. The predicted octanol–water partition coefficient (Wildman–Crippen LogP) is 4.30. The van der Waals surface area contributed by atoms with Crippen molar-refractivity contribution < 1.29 is 23.2 Å². The van der Waals surface area contributed by atoms with Crippen molar-refractivity contribution >= 4 is 17.7 Å². The summed E-state index contributed by atoms with van der Waals surface area (Å²) in [5, 5.41) is 5.81. The maximum Gasteiger partial charge on any atom is 0.248 e. The number of hydrogen-bond donors (Lipinski definition) is 2. The van der Waals surface area contributed by atoms with E-state index in [0.717, 1.165) is 30.8 Å². The Morgan fingerprint density at radius 1 is 0.878 bits per heavy atom. The summed E-state index contributed by atoms with van der Waals surface area (Å²) in [4.78, 5) is 42.3. The van der Waals surface area contributed by atoms with Crippen molar-refractivity contribution in [2.75, 3.05) is 26.2 Å². The summed E-state index contributed by atoms with van der Waals surface area (Å²) in [6.07, 6.45) is 1.44. The second-order valence-corrected chi connectivity index (χ2v) is 11.4. The maximum absolute atomic E-state index is 13.5. The molecule has 41 heavy (non-hydrogen) atoms. The van der Waals surface area contributed by atoms with E-state index in [1.807, 2.05) is 47.4 Å². The van der Waals surface area contributed by atoms with Gasteiger partial charge in [-0.25, -0.2) is 8.78 Å². The molecule has 1 saturated carbocycles. The lowest BCUT2D eigenvalue weighted by Gasteiger charge is -2.36. The van der Waals surface area contributed by atoms with E-state index in [0.29, 0.717) is 45.3 Å². The second-order valence-electron chi connectivity index (χ2n) is 11.4. The van der Waals surface area contributed by atoms with Crippen LogP contribution in [-0.2, 0) is 33.9 Å². The van der Waals surface area contributed by atoms with Gasteiger partial charge in [-0.1, -0.05) is 61.5 Å². The minimum Gasteiger partial charge on any atom is -0.352 e. The number of piperazine rings is 1. The molecule has 4 rings (SSSR count). The summed E-state index contributed by atoms with van der Waals surface area (Å²) in [5.41, 5.74) is 3.08. The van der Waals surface area contributed by atoms with Crippen LogP contribution >= 0.6 is 0 Å². The molecule has 1 aliphatic carbocycles. The number of alkyl halides is 2. The third-order valence-corrected chi connectivity index (χ3v) is 8.15. The largest absolute Gasteiger partial charge is 0.352 e. The smallest absolute Gasteiger partial charge is 0.248 e. The molecular weight excluding hydrogens is 526 g/mol. The minimum atomic E-state index is -2.59. The van der Waals surface area contributed by atoms with E-state index < -0.39 is 12.0 Å². The van der Waals surface area contributed by atoms with Gasteiger partial charge in [0.15, 0.2) is 0 Å². The molecule has 9 heteroatoms. The second kappa shape index (κ2) is 14.5. The molecule has 7 nitrogen and oxygen atoms in total. The molecule has 0 aromatic heterocycles. The van der Waals surface area contributed by atoms with Gasteiger partial charge in [0.25, 0.3) is 0 Å². The molecule has 0 spiro atoms. The van der Waals surface area contributed by atoms with Gasteiger partial charge in [-0.05, 0) is 35.4 Å². The van der Waals surface area contributed by atoms with Crippen LogP contribution in [0.4, 0.5) is 8.78 Å². The number of nitrogens with one attached hydrogen (secondary N) is 2. The van der Waals surface area contributed by atoms with Crippen LogP contribution < -0.4 is 10.6 Å². The van der Waals surface area contributed by atoms with E-state index in [1.165, 1.54) is 5.56 Å². The third-order valence-electron chi connectivity index (χ3n) is 8.15. The fourth-order valence-corrected chi connectivity index (χ4v) is 5.55. The topological polar surface area (TPSA) is 81.8 Å². The zero-order valence-electron chi connectivity index (χ0n) is 23.9. The van der Waals surface area contributed by atoms with Crippen LogP contribution in [0.1, 0.15) is 62.1 Å². The Balaban J connectivity index is 1.26. The quantitative estimate of drug-likeness (QED) is 0.424. The molecule has 2 fully saturated rings. The summed E-state index contributed by atoms with van der Waals surface area (Å²) in [5.74, 6) is -2.93. The Labute approximate surface area is 241 Å². The Bertz CT molecular complexity index is 1140. The first-order valence-electron chi connectivity index (χ1n) is 14.8. The van der Waals surface area contributed by atoms with Crippen LogP contribution in [0.2, 0.25) is 0 Å². The van der Waals surface area contributed by atoms with E-state index in [2.05, 4.69) is 27.7 Å². The molecule has 1 heterocycles. The van der Waals surface area contributed by atoms with Crippen LogP contribution in [0.3, 0.4) is 0 Å². The van der Waals surface area contributed by atoms with Gasteiger partial charge < -0.3 is 15.5 Å². The van der Waals surface area contributed by atoms with Crippen molar-refractivity contribution in [1.82, 2.24) is 20.4 Å². The number of carbonyl (C=O) groups excluding carboxylic acids is 3. The van der Waals surface area contributed by atoms with Crippen molar-refractivity contribution in [3.05, 3.63) is 71.3 Å². The normalized spacial score (nSPS) is 18.5. The number of halogens is 2. The van der Waals surface area contributed by atoms with E-state index in [4.69, 9.17) is 0 Å². The molecule has 0 unspecified atom stereocenters. The summed E-state index contributed by atoms with van der Waals surface area (Å²) < 4.78 is 26.7. The van der Waals surface area contributed by atoms with Gasteiger partial charge in [-0.3, -0.25) is 19.3 Å². The van der Waals surface area contributed by atoms with Gasteiger partial charge in [0.05, 0.1) is 0 Å². The van der Waals surface area contributed by atoms with E-state index in [1.54, 1.807) is 6.92 Å². The van der Waals surface area contributed by atoms with Crippen LogP contribution in [-0.4, -0.2) is 65.7 Å². The molecule has 222 valence electrons. The zero-order valence-corrected chi connectivity index (χ0v) is 23.9. The number of hydrogen-bond acceptors (Lipinski definition) is 4. The Morgan fingerprint density at radius 3 is 2.15 bits per heavy atom. The summed E-state index contributed by atoms with van der Waals surface area (Å²) in [6, 6.07) is 17.3. The molecular formula is C32H42F2N4O3. The minimum absolute atomic E-state index is 0.0108. The average molecular weight is 569 g/mol. The molecule has 0 bridgehead atoms. The molecule has 1 saturated heterocycles. The number of amides is 3. The lowest BCUT2D eigenvalue weighted by molar-refractivity contribution is -0.138. The molecule has 2 N–H and O–H groups in total. The molecule has 2 aliphatic rings. The monoisotopic (exact) mass is 568 g/mol. The predicted molar refractivity (Wildman–Crippen MR) is 154 cm³/mol. The fourth-order valence-electron chi connectivity index (χ4n) is 5.55. The highest BCUT2D eigenvalue weighted by molar-refractivity contribution is 5.88. The van der Waals surface area contributed by atoms with Gasteiger partial charge in [0, 0.05) is 71.4 Å². The number of carbonyl (C=O) groups is 3. The number of rotatable bonds is 11. The molecule has 3 amide bonds. The Morgan fingerprint density at radius 2 is 1.51 bits per heavy atom. The maximum atomic E-state index is 13.5. The summed E-state index contributed by atoms with van der Waals surface area (Å²) in [6.45, 7) is 5.77. The lowest BCUT2D eigenvalue weighted by atomic mass is 9.84. The van der Waals surface area contributed by atoms with Crippen molar-refractivity contribution in [2.45, 2.75) is 76.9 Å². The van der Waals surface area contributed by atoms with Crippen molar-refractivity contribution in [3.8, 4) is 0 Å². The first kappa shape index (κ1) is 30.6. The Hall–Kier alpha value is -3.33. The first-order valence-corrected chi connectivity index (χ1v) is 14.8. The molecule has 2 aromatic carbocycles. The molecule has 2 aromatic rings. The fraction of sp³-hybridized carbons (Fsp3) is 0.531. The standard InChI is InChI=1S/C32H42F2N4O3/c1-2-29(39)36-28(31(41)38-18-16-37(17-19-38)23-27-6-4-3-5-7-27)20-24-8-10-26(11-9-24)22-35-30(40)21-25-12-14-32(33,34)15-13-25/h3-11,25,28H,2,12-23H2,1H3,(H,35,40)(H,36,39)/t28-/m1/s1. The molecule has 1 aliphatic heterocycles. The van der Waals surface area contributed by atoms with E-state index in [-0.39, 0.29) is 42.9 Å². The first-order chi connectivity index (χ1) is 19.7.